The van der Waals surface area contributed by atoms with E-state index in [0.29, 0.717) is 26.2 Å². The number of ether oxygens (including phenoxy) is 1. The molecule has 2 aromatic rings. The van der Waals surface area contributed by atoms with Crippen molar-refractivity contribution >= 4 is 17.3 Å². The van der Waals surface area contributed by atoms with Crippen LogP contribution in [0.15, 0.2) is 41.3 Å². The number of benzene rings is 1. The van der Waals surface area contributed by atoms with E-state index in [2.05, 4.69) is 4.90 Å². The van der Waals surface area contributed by atoms with Gasteiger partial charge in [-0.3, -0.25) is 24.3 Å². The maximum absolute atomic E-state index is 12.6. The lowest BCUT2D eigenvalue weighted by atomic mass is 10.2. The van der Waals surface area contributed by atoms with Gasteiger partial charge in [-0.25, -0.2) is 0 Å². The number of anilines is 1. The van der Waals surface area contributed by atoms with Crippen molar-refractivity contribution in [1.29, 1.82) is 5.26 Å². The molecule has 150 valence electrons. The third-order valence-corrected chi connectivity index (χ3v) is 4.77. The molecule has 0 unspecified atom stereocenters. The van der Waals surface area contributed by atoms with Crippen LogP contribution in [-0.2, 0) is 11.3 Å². The Morgan fingerprint density at radius 3 is 2.59 bits per heavy atom. The Morgan fingerprint density at radius 1 is 1.28 bits per heavy atom. The Balaban J connectivity index is 1.71. The van der Waals surface area contributed by atoms with E-state index in [4.69, 9.17) is 10.00 Å². The number of para-hydroxylation sites is 2. The van der Waals surface area contributed by atoms with Crippen molar-refractivity contribution in [3.8, 4) is 11.8 Å². The second kappa shape index (κ2) is 8.43. The molecular weight excluding hydrogens is 378 g/mol. The number of nitrogens with zero attached hydrogens (tertiary/aromatic N) is 5. The maximum Gasteiger partial charge on any atom is 0.287 e. The van der Waals surface area contributed by atoms with E-state index in [1.165, 1.54) is 0 Å². The molecule has 0 bridgehead atoms. The first-order valence-electron chi connectivity index (χ1n) is 8.89. The second-order valence-electron chi connectivity index (χ2n) is 6.45. The highest BCUT2D eigenvalue weighted by Crippen LogP contribution is 2.28. The molecule has 0 atom stereocenters. The largest absolute Gasteiger partial charge is 0.495 e. The van der Waals surface area contributed by atoms with Crippen LogP contribution in [0.25, 0.3) is 0 Å². The van der Waals surface area contributed by atoms with Crippen LogP contribution in [0.5, 0.6) is 5.75 Å². The van der Waals surface area contributed by atoms with Gasteiger partial charge < -0.3 is 14.5 Å². The fourth-order valence-electron chi connectivity index (χ4n) is 3.25. The van der Waals surface area contributed by atoms with Crippen molar-refractivity contribution in [3.63, 3.8) is 0 Å². The topological polar surface area (TPSA) is 122 Å². The average molecular weight is 397 g/mol. The summed E-state index contributed by atoms with van der Waals surface area (Å²) in [4.78, 5) is 38.9. The molecule has 0 spiro atoms. The Kier molecular flexibility index (Phi) is 5.78. The summed E-state index contributed by atoms with van der Waals surface area (Å²) < 4.78 is 6.30. The third kappa shape index (κ3) is 4.19. The zero-order chi connectivity index (χ0) is 21.0. The highest BCUT2D eigenvalue weighted by molar-refractivity contribution is 5.76. The van der Waals surface area contributed by atoms with Crippen molar-refractivity contribution in [2.75, 3.05) is 38.2 Å². The maximum atomic E-state index is 12.6. The van der Waals surface area contributed by atoms with E-state index >= 15 is 0 Å². The van der Waals surface area contributed by atoms with Crippen LogP contribution in [0.4, 0.5) is 11.4 Å². The van der Waals surface area contributed by atoms with E-state index < -0.39 is 16.2 Å². The predicted molar refractivity (Wildman–Crippen MR) is 104 cm³/mol. The van der Waals surface area contributed by atoms with Crippen LogP contribution in [-0.4, -0.2) is 53.6 Å². The van der Waals surface area contributed by atoms with Crippen molar-refractivity contribution in [2.24, 2.45) is 0 Å². The normalized spacial score (nSPS) is 13.7. The summed E-state index contributed by atoms with van der Waals surface area (Å²) in [6.07, 6.45) is 0.992. The minimum atomic E-state index is -0.723. The van der Waals surface area contributed by atoms with Gasteiger partial charge in [-0.15, -0.1) is 0 Å². The molecule has 1 aromatic carbocycles. The van der Waals surface area contributed by atoms with Gasteiger partial charge in [0.05, 0.1) is 23.9 Å². The molecule has 1 saturated heterocycles. The first kappa shape index (κ1) is 19.9. The highest BCUT2D eigenvalue weighted by atomic mass is 16.6. The fourth-order valence-corrected chi connectivity index (χ4v) is 3.25. The van der Waals surface area contributed by atoms with Gasteiger partial charge in [0.1, 0.15) is 23.9 Å². The highest BCUT2D eigenvalue weighted by Gasteiger charge is 2.24. The molecule has 1 aliphatic rings. The van der Waals surface area contributed by atoms with Gasteiger partial charge in [0.25, 0.3) is 11.2 Å². The number of carbonyl (C=O) groups is 1. The Morgan fingerprint density at radius 2 is 1.97 bits per heavy atom. The van der Waals surface area contributed by atoms with Crippen molar-refractivity contribution in [3.05, 3.63) is 62.6 Å². The molecule has 1 fully saturated rings. The lowest BCUT2D eigenvalue weighted by Gasteiger charge is -2.36. The van der Waals surface area contributed by atoms with E-state index in [-0.39, 0.29) is 18.0 Å². The number of hydrogen-bond donors (Lipinski definition) is 0. The minimum Gasteiger partial charge on any atom is -0.495 e. The molecule has 29 heavy (non-hydrogen) atoms. The number of pyridine rings is 1. The average Bonchev–Trinajstić information content (AvgIpc) is 2.75. The number of rotatable bonds is 5. The first-order chi connectivity index (χ1) is 13.9. The summed E-state index contributed by atoms with van der Waals surface area (Å²) in [5.41, 5.74) is -0.558. The van der Waals surface area contributed by atoms with Crippen molar-refractivity contribution in [2.45, 2.75) is 6.54 Å². The SMILES string of the molecule is COc1ccccc1N1CCN(C(=O)Cn2cc([N+](=O)[O-])cc(C#N)c2=O)CC1. The zero-order valence-electron chi connectivity index (χ0n) is 15.8. The lowest BCUT2D eigenvalue weighted by molar-refractivity contribution is -0.385. The summed E-state index contributed by atoms with van der Waals surface area (Å²) in [7, 11) is 1.60. The number of amides is 1. The Labute approximate surface area is 166 Å². The monoisotopic (exact) mass is 397 g/mol. The second-order valence-corrected chi connectivity index (χ2v) is 6.45. The third-order valence-electron chi connectivity index (χ3n) is 4.77. The van der Waals surface area contributed by atoms with Crippen molar-refractivity contribution in [1.82, 2.24) is 9.47 Å². The Hall–Kier alpha value is -3.87. The molecule has 2 heterocycles. The summed E-state index contributed by atoms with van der Waals surface area (Å²) in [5, 5.41) is 20.0. The van der Waals surface area contributed by atoms with Crippen molar-refractivity contribution < 1.29 is 14.5 Å². The number of aromatic nitrogens is 1. The molecule has 1 aromatic heterocycles. The summed E-state index contributed by atoms with van der Waals surface area (Å²) in [5.74, 6) is 0.413. The van der Waals surface area contributed by atoms with Gasteiger partial charge in [-0.1, -0.05) is 12.1 Å². The van der Waals surface area contributed by atoms with E-state index in [0.717, 1.165) is 28.3 Å². The lowest BCUT2D eigenvalue weighted by Crippen LogP contribution is -2.50. The van der Waals surface area contributed by atoms with Crippen LogP contribution in [0.3, 0.4) is 0 Å². The van der Waals surface area contributed by atoms with Crippen LogP contribution in [0.1, 0.15) is 5.56 Å². The van der Waals surface area contributed by atoms with Gasteiger partial charge in [0, 0.05) is 32.2 Å². The van der Waals surface area contributed by atoms with E-state index in [1.807, 2.05) is 24.3 Å². The van der Waals surface area contributed by atoms with Crippen LogP contribution in [0.2, 0.25) is 0 Å². The number of piperazine rings is 1. The molecule has 10 heteroatoms. The van der Waals surface area contributed by atoms with Crippen LogP contribution < -0.4 is 15.2 Å². The number of carbonyl (C=O) groups excluding carboxylic acids is 1. The van der Waals surface area contributed by atoms with E-state index in [1.54, 1.807) is 18.1 Å². The predicted octanol–water partition coefficient (Wildman–Crippen LogP) is 0.986. The first-order valence-corrected chi connectivity index (χ1v) is 8.89. The fraction of sp³-hybridized carbons (Fsp3) is 0.316. The standard InChI is InChI=1S/C19H19N5O5/c1-29-17-5-3-2-4-16(17)21-6-8-22(9-7-21)18(25)13-23-12-15(24(27)28)10-14(11-20)19(23)26/h2-5,10,12H,6-9,13H2,1H3. The number of nitro groups is 1. The number of nitriles is 1. The van der Waals surface area contributed by atoms with E-state index in [9.17, 15) is 19.7 Å². The Bertz CT molecular complexity index is 1030. The molecular formula is C19H19N5O5. The van der Waals surface area contributed by atoms with Crippen LogP contribution >= 0.6 is 0 Å². The molecule has 0 radical (unpaired) electrons. The smallest absolute Gasteiger partial charge is 0.287 e. The summed E-state index contributed by atoms with van der Waals surface area (Å²) in [6.45, 7) is 1.68. The molecule has 1 aliphatic heterocycles. The summed E-state index contributed by atoms with van der Waals surface area (Å²) >= 11 is 0. The summed E-state index contributed by atoms with van der Waals surface area (Å²) in [6, 6.07) is 10.2. The minimum absolute atomic E-state index is 0.337. The van der Waals surface area contributed by atoms with Gasteiger partial charge >= 0.3 is 0 Å². The van der Waals surface area contributed by atoms with Gasteiger partial charge in [-0.05, 0) is 12.1 Å². The molecule has 1 amide bonds. The molecule has 3 rings (SSSR count). The molecule has 0 saturated carbocycles. The molecule has 10 nitrogen and oxygen atoms in total. The number of methoxy groups -OCH3 is 1. The van der Waals surface area contributed by atoms with Crippen LogP contribution in [0, 0.1) is 21.4 Å². The molecule has 0 aliphatic carbocycles. The zero-order valence-corrected chi connectivity index (χ0v) is 15.8. The van der Waals surface area contributed by atoms with Gasteiger partial charge in [0.15, 0.2) is 0 Å². The van der Waals surface area contributed by atoms with Gasteiger partial charge in [0.2, 0.25) is 5.91 Å². The van der Waals surface area contributed by atoms with Gasteiger partial charge in [-0.2, -0.15) is 5.26 Å². The quantitative estimate of drug-likeness (QED) is 0.544. The molecule has 0 N–H and O–H groups in total. The number of hydrogen-bond acceptors (Lipinski definition) is 7.